The third-order valence-corrected chi connectivity index (χ3v) is 2.75. The number of hydrogen-bond donors (Lipinski definition) is 2. The van der Waals surface area contributed by atoms with Gasteiger partial charge in [0.25, 0.3) is 0 Å². The topological polar surface area (TPSA) is 116 Å². The minimum Gasteiger partial charge on any atom is -0.380 e. The van der Waals surface area contributed by atoms with Gasteiger partial charge in [-0.2, -0.15) is 5.10 Å². The molecule has 0 radical (unpaired) electrons. The molecule has 0 atom stereocenters. The Morgan fingerprint density at radius 3 is 2.78 bits per heavy atom. The Balaban J connectivity index is 2.16. The van der Waals surface area contributed by atoms with E-state index in [1.807, 2.05) is 24.3 Å². The number of aromatic nitrogens is 2. The minimum atomic E-state index is 0.0389. The van der Waals surface area contributed by atoms with E-state index >= 15 is 0 Å². The van der Waals surface area contributed by atoms with Crippen molar-refractivity contribution in [3.63, 3.8) is 0 Å². The molecule has 7 nitrogen and oxygen atoms in total. The molecule has 1 heterocycles. The summed E-state index contributed by atoms with van der Waals surface area (Å²) in [4.78, 5) is 0. The van der Waals surface area contributed by atoms with Crippen LogP contribution in [-0.4, -0.2) is 22.4 Å². The first-order valence-corrected chi connectivity index (χ1v) is 5.67. The number of amidine groups is 1. The van der Waals surface area contributed by atoms with Crippen molar-refractivity contribution in [1.82, 2.24) is 10.3 Å². The number of benzene rings is 1. The highest BCUT2D eigenvalue weighted by molar-refractivity contribution is 9.10. The average molecular weight is 309 g/mol. The van der Waals surface area contributed by atoms with Gasteiger partial charge in [0.2, 0.25) is 0 Å². The van der Waals surface area contributed by atoms with Crippen LogP contribution in [0, 0.1) is 0 Å². The van der Waals surface area contributed by atoms with Crippen molar-refractivity contribution < 1.29 is 4.63 Å². The number of hydrogen-bond acceptors (Lipinski definition) is 6. The number of halogens is 1. The van der Waals surface area contributed by atoms with Crippen LogP contribution in [0.2, 0.25) is 0 Å². The quantitative estimate of drug-likeness (QED) is 0.501. The second-order valence-corrected chi connectivity index (χ2v) is 4.10. The molecular formula is C10H9BrN6O. The summed E-state index contributed by atoms with van der Waals surface area (Å²) in [6.07, 6.45) is 1.56. The summed E-state index contributed by atoms with van der Waals surface area (Å²) in [7, 11) is 0. The van der Waals surface area contributed by atoms with Crippen LogP contribution in [0.1, 0.15) is 11.3 Å². The second-order valence-electron chi connectivity index (χ2n) is 3.25. The minimum absolute atomic E-state index is 0.0389. The maximum absolute atomic E-state index is 5.62. The summed E-state index contributed by atoms with van der Waals surface area (Å²) in [5.74, 6) is 0.115. The van der Waals surface area contributed by atoms with Crippen molar-refractivity contribution >= 4 is 33.8 Å². The highest BCUT2D eigenvalue weighted by Crippen LogP contribution is 2.13. The molecule has 0 unspecified atom stereocenters. The van der Waals surface area contributed by atoms with Crippen LogP contribution >= 0.6 is 15.9 Å². The smallest absolute Gasteiger partial charge is 0.199 e. The largest absolute Gasteiger partial charge is 0.380 e. The monoisotopic (exact) mass is 308 g/mol. The van der Waals surface area contributed by atoms with Crippen LogP contribution in [-0.2, 0) is 0 Å². The van der Waals surface area contributed by atoms with Crippen LogP contribution in [0.4, 0.5) is 5.82 Å². The van der Waals surface area contributed by atoms with Crippen molar-refractivity contribution in [2.24, 2.45) is 15.9 Å². The number of nitrogens with zero attached hydrogens (tertiary/aromatic N) is 4. The first-order chi connectivity index (χ1) is 8.68. The first kappa shape index (κ1) is 12.2. The summed E-state index contributed by atoms with van der Waals surface area (Å²) in [6.45, 7) is 0. The molecule has 18 heavy (non-hydrogen) atoms. The molecule has 2 rings (SSSR count). The Morgan fingerprint density at radius 2 is 2.11 bits per heavy atom. The van der Waals surface area contributed by atoms with Gasteiger partial charge in [0, 0.05) is 10.0 Å². The lowest BCUT2D eigenvalue weighted by atomic mass is 10.2. The maximum atomic E-state index is 5.62. The van der Waals surface area contributed by atoms with Crippen LogP contribution in [0.3, 0.4) is 0 Å². The molecule has 2 aromatic rings. The summed E-state index contributed by atoms with van der Waals surface area (Å²) in [5, 5.41) is 14.5. The Hall–Kier alpha value is -2.22. The van der Waals surface area contributed by atoms with E-state index < -0.39 is 0 Å². The van der Waals surface area contributed by atoms with Gasteiger partial charge >= 0.3 is 0 Å². The molecule has 1 aromatic carbocycles. The van der Waals surface area contributed by atoms with E-state index in [1.165, 1.54) is 0 Å². The van der Waals surface area contributed by atoms with E-state index in [4.69, 9.17) is 11.5 Å². The van der Waals surface area contributed by atoms with Gasteiger partial charge in [-0.15, -0.1) is 5.10 Å². The predicted molar refractivity (Wildman–Crippen MR) is 71.2 cm³/mol. The molecule has 0 aliphatic heterocycles. The molecule has 0 amide bonds. The zero-order valence-corrected chi connectivity index (χ0v) is 10.7. The van der Waals surface area contributed by atoms with Gasteiger partial charge < -0.3 is 11.5 Å². The van der Waals surface area contributed by atoms with E-state index in [9.17, 15) is 0 Å². The lowest BCUT2D eigenvalue weighted by molar-refractivity contribution is 0.308. The maximum Gasteiger partial charge on any atom is 0.199 e. The lowest BCUT2D eigenvalue weighted by Crippen LogP contribution is -2.15. The van der Waals surface area contributed by atoms with E-state index in [-0.39, 0.29) is 17.3 Å². The van der Waals surface area contributed by atoms with Crippen molar-refractivity contribution in [1.29, 1.82) is 0 Å². The molecule has 0 aliphatic rings. The van der Waals surface area contributed by atoms with E-state index in [2.05, 4.69) is 41.1 Å². The van der Waals surface area contributed by atoms with Crippen molar-refractivity contribution in [2.45, 2.75) is 0 Å². The normalized spacial score (nSPS) is 12.2. The van der Waals surface area contributed by atoms with Gasteiger partial charge in [-0.3, -0.25) is 0 Å². The fourth-order valence-corrected chi connectivity index (χ4v) is 1.54. The number of nitrogens with two attached hydrogens (primary N) is 2. The fourth-order valence-electron chi connectivity index (χ4n) is 1.15. The van der Waals surface area contributed by atoms with Crippen LogP contribution in [0.25, 0.3) is 0 Å². The second kappa shape index (κ2) is 5.41. The van der Waals surface area contributed by atoms with E-state index in [1.54, 1.807) is 6.21 Å². The Kier molecular flexibility index (Phi) is 3.68. The standard InChI is InChI=1S/C10H9BrN6O/c11-7-4-2-1-3-6(7)5-14-15-9(12)8-10(13)17-18-16-8/h1-5H,(H2,12,15)(H2,13,17)/b14-5+. The highest BCUT2D eigenvalue weighted by atomic mass is 79.9. The average Bonchev–Trinajstić information content (AvgIpc) is 2.78. The Morgan fingerprint density at radius 1 is 1.33 bits per heavy atom. The SMILES string of the molecule is N/C(=N\N=C\c1ccccc1Br)c1nonc1N. The molecule has 92 valence electrons. The van der Waals surface area contributed by atoms with E-state index in [0.29, 0.717) is 0 Å². The van der Waals surface area contributed by atoms with Crippen molar-refractivity contribution in [3.05, 3.63) is 40.0 Å². The van der Waals surface area contributed by atoms with Crippen LogP contribution < -0.4 is 11.5 Å². The molecule has 0 bridgehead atoms. The predicted octanol–water partition coefficient (Wildman–Crippen LogP) is 1.15. The third-order valence-electron chi connectivity index (χ3n) is 2.02. The molecule has 0 saturated heterocycles. The summed E-state index contributed by atoms with van der Waals surface area (Å²) in [5.41, 5.74) is 12.1. The molecule has 4 N–H and O–H groups in total. The number of nitrogen functional groups attached to an aromatic ring is 1. The van der Waals surface area contributed by atoms with Crippen molar-refractivity contribution in [3.8, 4) is 0 Å². The van der Waals surface area contributed by atoms with Gasteiger partial charge in [0.15, 0.2) is 17.3 Å². The molecule has 0 spiro atoms. The first-order valence-electron chi connectivity index (χ1n) is 4.88. The molecule has 8 heteroatoms. The zero-order chi connectivity index (χ0) is 13.0. The zero-order valence-electron chi connectivity index (χ0n) is 9.12. The van der Waals surface area contributed by atoms with Gasteiger partial charge in [-0.1, -0.05) is 34.1 Å². The highest BCUT2D eigenvalue weighted by Gasteiger charge is 2.09. The van der Waals surface area contributed by atoms with Gasteiger partial charge in [0.1, 0.15) is 0 Å². The van der Waals surface area contributed by atoms with E-state index in [0.717, 1.165) is 10.0 Å². The summed E-state index contributed by atoms with van der Waals surface area (Å²) < 4.78 is 5.31. The third kappa shape index (κ3) is 2.72. The van der Waals surface area contributed by atoms with Crippen LogP contribution in [0.5, 0.6) is 0 Å². The molecular weight excluding hydrogens is 300 g/mol. The van der Waals surface area contributed by atoms with Gasteiger partial charge in [0.05, 0.1) is 6.21 Å². The van der Waals surface area contributed by atoms with Gasteiger partial charge in [-0.25, -0.2) is 4.63 Å². The Labute approximate surface area is 111 Å². The molecule has 0 saturated carbocycles. The number of anilines is 1. The summed E-state index contributed by atoms with van der Waals surface area (Å²) >= 11 is 3.39. The molecule has 0 aliphatic carbocycles. The number of rotatable bonds is 3. The molecule has 0 fully saturated rings. The van der Waals surface area contributed by atoms with Crippen molar-refractivity contribution in [2.75, 3.05) is 5.73 Å². The Bertz CT molecular complexity index is 606. The summed E-state index contributed by atoms with van der Waals surface area (Å²) in [6, 6.07) is 7.57. The lowest BCUT2D eigenvalue weighted by Gasteiger charge is -1.95. The fraction of sp³-hybridized carbons (Fsp3) is 0. The molecule has 1 aromatic heterocycles. The van der Waals surface area contributed by atoms with Crippen LogP contribution in [0.15, 0.2) is 43.6 Å². The van der Waals surface area contributed by atoms with Gasteiger partial charge in [-0.05, 0) is 16.4 Å².